The van der Waals surface area contributed by atoms with Crippen molar-refractivity contribution in [3.63, 3.8) is 0 Å². The fourth-order valence-corrected chi connectivity index (χ4v) is 2.19. The standard InChI is InChI=1S/C18H24N4O2/c1-24-12-6-11-20-18-21-13-16(14-22-18)17(23)19-10-5-9-15-7-3-2-4-8-15/h2-4,7-8,13-14H,5-6,9-12H2,1H3,(H,19,23)(H,20,21,22). The molecule has 0 saturated heterocycles. The van der Waals surface area contributed by atoms with Crippen LogP contribution in [-0.4, -0.2) is 42.7 Å². The number of benzene rings is 1. The van der Waals surface area contributed by atoms with E-state index in [1.807, 2.05) is 18.2 Å². The monoisotopic (exact) mass is 328 g/mol. The maximum Gasteiger partial charge on any atom is 0.254 e. The Morgan fingerprint density at radius 2 is 1.83 bits per heavy atom. The topological polar surface area (TPSA) is 76.1 Å². The van der Waals surface area contributed by atoms with E-state index >= 15 is 0 Å². The summed E-state index contributed by atoms with van der Waals surface area (Å²) in [7, 11) is 1.67. The first kappa shape index (κ1) is 17.9. The van der Waals surface area contributed by atoms with Crippen molar-refractivity contribution >= 4 is 11.9 Å². The number of aryl methyl sites for hydroxylation is 1. The minimum atomic E-state index is -0.144. The van der Waals surface area contributed by atoms with Gasteiger partial charge in [0.1, 0.15) is 0 Å². The SMILES string of the molecule is COCCCNc1ncc(C(=O)NCCCc2ccccc2)cn1. The highest BCUT2D eigenvalue weighted by molar-refractivity contribution is 5.93. The first-order valence-corrected chi connectivity index (χ1v) is 8.16. The van der Waals surface area contributed by atoms with Crippen LogP contribution in [0.5, 0.6) is 0 Å². The molecule has 6 heteroatoms. The lowest BCUT2D eigenvalue weighted by atomic mass is 10.1. The van der Waals surface area contributed by atoms with Crippen molar-refractivity contribution in [2.45, 2.75) is 19.3 Å². The van der Waals surface area contributed by atoms with Gasteiger partial charge in [-0.3, -0.25) is 4.79 Å². The van der Waals surface area contributed by atoms with Gasteiger partial charge in [0.2, 0.25) is 5.95 Å². The van der Waals surface area contributed by atoms with Gasteiger partial charge in [-0.1, -0.05) is 30.3 Å². The van der Waals surface area contributed by atoms with Crippen LogP contribution in [-0.2, 0) is 11.2 Å². The van der Waals surface area contributed by atoms with Gasteiger partial charge in [0, 0.05) is 39.2 Å². The summed E-state index contributed by atoms with van der Waals surface area (Å²) < 4.78 is 4.97. The number of ether oxygens (including phenoxy) is 1. The molecule has 1 amide bonds. The van der Waals surface area contributed by atoms with E-state index in [0.29, 0.717) is 24.7 Å². The molecule has 24 heavy (non-hydrogen) atoms. The largest absolute Gasteiger partial charge is 0.385 e. The average Bonchev–Trinajstić information content (AvgIpc) is 2.63. The van der Waals surface area contributed by atoms with E-state index in [-0.39, 0.29) is 5.91 Å². The number of hydrogen-bond acceptors (Lipinski definition) is 5. The Morgan fingerprint density at radius 1 is 1.08 bits per heavy atom. The number of nitrogens with one attached hydrogen (secondary N) is 2. The minimum absolute atomic E-state index is 0.144. The second-order valence-corrected chi connectivity index (χ2v) is 5.41. The van der Waals surface area contributed by atoms with Crippen molar-refractivity contribution in [3.05, 3.63) is 53.9 Å². The number of nitrogens with zero attached hydrogens (tertiary/aromatic N) is 2. The van der Waals surface area contributed by atoms with Crippen molar-refractivity contribution in [3.8, 4) is 0 Å². The van der Waals surface area contributed by atoms with Gasteiger partial charge in [-0.25, -0.2) is 9.97 Å². The van der Waals surface area contributed by atoms with Crippen LogP contribution in [0.2, 0.25) is 0 Å². The second-order valence-electron chi connectivity index (χ2n) is 5.41. The van der Waals surface area contributed by atoms with E-state index in [4.69, 9.17) is 4.74 Å². The van der Waals surface area contributed by atoms with Crippen molar-refractivity contribution < 1.29 is 9.53 Å². The fourth-order valence-electron chi connectivity index (χ4n) is 2.19. The molecule has 1 heterocycles. The molecule has 0 saturated carbocycles. The summed E-state index contributed by atoms with van der Waals surface area (Å²) in [5, 5.41) is 5.97. The summed E-state index contributed by atoms with van der Waals surface area (Å²) in [4.78, 5) is 20.3. The first-order valence-electron chi connectivity index (χ1n) is 8.16. The lowest BCUT2D eigenvalue weighted by Crippen LogP contribution is -2.25. The van der Waals surface area contributed by atoms with E-state index in [1.54, 1.807) is 7.11 Å². The van der Waals surface area contributed by atoms with E-state index in [2.05, 4.69) is 32.7 Å². The molecule has 0 spiro atoms. The molecule has 0 aliphatic carbocycles. The molecule has 1 aromatic heterocycles. The summed E-state index contributed by atoms with van der Waals surface area (Å²) in [5.41, 5.74) is 1.75. The van der Waals surface area contributed by atoms with Crippen LogP contribution in [0.25, 0.3) is 0 Å². The number of amides is 1. The summed E-state index contributed by atoms with van der Waals surface area (Å²) >= 11 is 0. The molecule has 2 N–H and O–H groups in total. The third kappa shape index (κ3) is 6.34. The maximum absolute atomic E-state index is 12.0. The zero-order valence-electron chi connectivity index (χ0n) is 14.0. The molecule has 2 aromatic rings. The third-order valence-electron chi connectivity index (χ3n) is 3.49. The number of anilines is 1. The van der Waals surface area contributed by atoms with Gasteiger partial charge in [-0.05, 0) is 24.8 Å². The molecule has 6 nitrogen and oxygen atoms in total. The Hall–Kier alpha value is -2.47. The van der Waals surface area contributed by atoms with Gasteiger partial charge in [0.25, 0.3) is 5.91 Å². The van der Waals surface area contributed by atoms with E-state index in [0.717, 1.165) is 25.8 Å². The lowest BCUT2D eigenvalue weighted by Gasteiger charge is -2.07. The zero-order chi connectivity index (χ0) is 17.0. The quantitative estimate of drug-likeness (QED) is 0.655. The van der Waals surface area contributed by atoms with Gasteiger partial charge >= 0.3 is 0 Å². The van der Waals surface area contributed by atoms with Crippen LogP contribution in [0.1, 0.15) is 28.8 Å². The minimum Gasteiger partial charge on any atom is -0.385 e. The average molecular weight is 328 g/mol. The molecule has 0 radical (unpaired) electrons. The van der Waals surface area contributed by atoms with Gasteiger partial charge in [0.05, 0.1) is 5.56 Å². The summed E-state index contributed by atoms with van der Waals surface area (Å²) in [6, 6.07) is 10.2. The molecule has 1 aromatic carbocycles. The number of methoxy groups -OCH3 is 1. The smallest absolute Gasteiger partial charge is 0.254 e. The summed E-state index contributed by atoms with van der Waals surface area (Å²) in [6.07, 6.45) is 5.80. The molecule has 0 unspecified atom stereocenters. The predicted octanol–water partition coefficient (Wildman–Crippen LogP) is 2.29. The first-order chi connectivity index (χ1) is 11.8. The van der Waals surface area contributed by atoms with Crippen LogP contribution in [0.15, 0.2) is 42.7 Å². The Morgan fingerprint density at radius 3 is 2.54 bits per heavy atom. The Balaban J connectivity index is 1.68. The van der Waals surface area contributed by atoms with Crippen LogP contribution in [0, 0.1) is 0 Å². The van der Waals surface area contributed by atoms with Crippen LogP contribution < -0.4 is 10.6 Å². The van der Waals surface area contributed by atoms with Crippen LogP contribution >= 0.6 is 0 Å². The van der Waals surface area contributed by atoms with Gasteiger partial charge in [0.15, 0.2) is 0 Å². The number of hydrogen-bond donors (Lipinski definition) is 2. The molecule has 0 aliphatic rings. The number of carbonyl (C=O) groups excluding carboxylic acids is 1. The van der Waals surface area contributed by atoms with Crippen molar-refractivity contribution in [2.75, 3.05) is 32.1 Å². The Kier molecular flexibility index (Phi) is 7.70. The van der Waals surface area contributed by atoms with Crippen LogP contribution in [0.4, 0.5) is 5.95 Å². The van der Waals surface area contributed by atoms with Crippen molar-refractivity contribution in [2.24, 2.45) is 0 Å². The van der Waals surface area contributed by atoms with E-state index in [1.165, 1.54) is 18.0 Å². The number of rotatable bonds is 10. The van der Waals surface area contributed by atoms with Gasteiger partial charge in [-0.2, -0.15) is 0 Å². The zero-order valence-corrected chi connectivity index (χ0v) is 14.0. The molecular formula is C18H24N4O2. The van der Waals surface area contributed by atoms with E-state index < -0.39 is 0 Å². The molecule has 0 bridgehead atoms. The highest BCUT2D eigenvalue weighted by atomic mass is 16.5. The number of aromatic nitrogens is 2. The lowest BCUT2D eigenvalue weighted by molar-refractivity contribution is 0.0952. The van der Waals surface area contributed by atoms with Crippen molar-refractivity contribution in [1.29, 1.82) is 0 Å². The third-order valence-corrected chi connectivity index (χ3v) is 3.49. The van der Waals surface area contributed by atoms with Gasteiger partial charge < -0.3 is 15.4 Å². The molecule has 0 aliphatic heterocycles. The molecular weight excluding hydrogens is 304 g/mol. The molecule has 128 valence electrons. The molecule has 0 fully saturated rings. The summed E-state index contributed by atoms with van der Waals surface area (Å²) in [6.45, 7) is 2.06. The van der Waals surface area contributed by atoms with Crippen LogP contribution in [0.3, 0.4) is 0 Å². The van der Waals surface area contributed by atoms with E-state index in [9.17, 15) is 4.79 Å². The maximum atomic E-state index is 12.0. The molecule has 0 atom stereocenters. The normalized spacial score (nSPS) is 10.4. The fraction of sp³-hybridized carbons (Fsp3) is 0.389. The Labute approximate surface area is 142 Å². The number of carbonyl (C=O) groups is 1. The predicted molar refractivity (Wildman–Crippen MR) is 94.1 cm³/mol. The molecule has 2 rings (SSSR count). The Bertz CT molecular complexity index is 602. The second kappa shape index (κ2) is 10.3. The van der Waals surface area contributed by atoms with Crippen molar-refractivity contribution in [1.82, 2.24) is 15.3 Å². The summed E-state index contributed by atoms with van der Waals surface area (Å²) in [5.74, 6) is 0.376. The highest BCUT2D eigenvalue weighted by Crippen LogP contribution is 2.03. The van der Waals surface area contributed by atoms with Gasteiger partial charge in [-0.15, -0.1) is 0 Å². The highest BCUT2D eigenvalue weighted by Gasteiger charge is 2.06.